The minimum absolute atomic E-state index is 0.0174. The van der Waals surface area contributed by atoms with Crippen LogP contribution in [0.5, 0.6) is 11.5 Å². The summed E-state index contributed by atoms with van der Waals surface area (Å²) in [6.07, 6.45) is 0. The van der Waals surface area contributed by atoms with Crippen LogP contribution in [0.2, 0.25) is 0 Å². The Morgan fingerprint density at radius 1 is 1.23 bits per heavy atom. The number of halogens is 2. The Kier molecular flexibility index (Phi) is 5.38. The molecule has 2 rings (SSSR count). The highest BCUT2D eigenvalue weighted by Gasteiger charge is 2.14. The maximum absolute atomic E-state index is 13.7. The van der Waals surface area contributed by atoms with Crippen molar-refractivity contribution < 1.29 is 18.7 Å². The number of carbonyl (C=O) groups excluding carboxylic acids is 1. The highest BCUT2D eigenvalue weighted by Crippen LogP contribution is 2.30. The smallest absolute Gasteiger partial charge is 0.254 e. The lowest BCUT2D eigenvalue weighted by molar-refractivity contribution is 0.0946. The van der Waals surface area contributed by atoms with Gasteiger partial charge < -0.3 is 14.8 Å². The van der Waals surface area contributed by atoms with Crippen molar-refractivity contribution in [1.29, 1.82) is 0 Å². The molecule has 22 heavy (non-hydrogen) atoms. The number of carbonyl (C=O) groups is 1. The van der Waals surface area contributed by atoms with E-state index in [0.717, 1.165) is 5.56 Å². The molecule has 0 aliphatic rings. The van der Waals surface area contributed by atoms with Crippen molar-refractivity contribution in [2.75, 3.05) is 14.2 Å². The first-order valence-corrected chi connectivity index (χ1v) is 7.29. The van der Waals surface area contributed by atoms with E-state index < -0.39 is 11.7 Å². The van der Waals surface area contributed by atoms with Gasteiger partial charge in [-0.15, -0.1) is 0 Å². The molecule has 4 nitrogen and oxygen atoms in total. The van der Waals surface area contributed by atoms with E-state index in [4.69, 9.17) is 9.47 Å². The number of nitrogens with one attached hydrogen (secondary N) is 1. The topological polar surface area (TPSA) is 47.6 Å². The summed E-state index contributed by atoms with van der Waals surface area (Å²) in [5.41, 5.74) is 0.724. The molecule has 1 N–H and O–H groups in total. The van der Waals surface area contributed by atoms with Gasteiger partial charge in [-0.2, -0.15) is 0 Å². The minimum Gasteiger partial charge on any atom is -0.493 e. The maximum atomic E-state index is 13.7. The van der Waals surface area contributed by atoms with E-state index in [2.05, 4.69) is 21.2 Å². The van der Waals surface area contributed by atoms with Crippen LogP contribution in [0, 0.1) is 5.82 Å². The molecule has 6 heteroatoms. The number of ether oxygens (including phenoxy) is 2. The standard InChI is InChI=1S/C16H15BrFNO3/c1-21-14-5-3-4-10(15(14)22-2)9-19-16(20)12-8-11(17)6-7-13(12)18/h3-8H,9H2,1-2H3,(H,19,20). The fourth-order valence-corrected chi connectivity index (χ4v) is 2.40. The second-order valence-corrected chi connectivity index (χ2v) is 5.38. The van der Waals surface area contributed by atoms with Crippen molar-refractivity contribution >= 4 is 21.8 Å². The summed E-state index contributed by atoms with van der Waals surface area (Å²) in [6.45, 7) is 0.200. The molecule has 0 radical (unpaired) electrons. The summed E-state index contributed by atoms with van der Waals surface area (Å²) in [5, 5.41) is 2.67. The van der Waals surface area contributed by atoms with E-state index >= 15 is 0 Å². The third kappa shape index (κ3) is 3.57. The third-order valence-corrected chi connectivity index (χ3v) is 3.59. The Labute approximate surface area is 136 Å². The van der Waals surface area contributed by atoms with Crippen molar-refractivity contribution in [3.05, 3.63) is 57.8 Å². The molecule has 0 aliphatic heterocycles. The fourth-order valence-electron chi connectivity index (χ4n) is 2.04. The number of benzene rings is 2. The third-order valence-electron chi connectivity index (χ3n) is 3.10. The van der Waals surface area contributed by atoms with E-state index in [1.807, 2.05) is 0 Å². The van der Waals surface area contributed by atoms with Crippen molar-refractivity contribution in [2.24, 2.45) is 0 Å². The van der Waals surface area contributed by atoms with Crippen LogP contribution in [-0.4, -0.2) is 20.1 Å². The Morgan fingerprint density at radius 3 is 2.68 bits per heavy atom. The lowest BCUT2D eigenvalue weighted by Gasteiger charge is -2.13. The Morgan fingerprint density at radius 2 is 2.00 bits per heavy atom. The second kappa shape index (κ2) is 7.26. The highest BCUT2D eigenvalue weighted by atomic mass is 79.9. The van der Waals surface area contributed by atoms with Crippen LogP contribution in [0.3, 0.4) is 0 Å². The molecule has 0 fully saturated rings. The van der Waals surface area contributed by atoms with Gasteiger partial charge >= 0.3 is 0 Å². The first-order valence-electron chi connectivity index (χ1n) is 6.50. The largest absolute Gasteiger partial charge is 0.493 e. The molecule has 0 saturated heterocycles. The van der Waals surface area contributed by atoms with Gasteiger partial charge in [-0.1, -0.05) is 28.1 Å². The van der Waals surface area contributed by atoms with Gasteiger partial charge in [0, 0.05) is 16.6 Å². The molecule has 0 atom stereocenters. The predicted molar refractivity (Wildman–Crippen MR) is 84.8 cm³/mol. The van der Waals surface area contributed by atoms with Gasteiger partial charge in [-0.3, -0.25) is 4.79 Å². The molecule has 1 amide bonds. The van der Waals surface area contributed by atoms with Crippen LogP contribution in [0.4, 0.5) is 4.39 Å². The molecular weight excluding hydrogens is 353 g/mol. The van der Waals surface area contributed by atoms with Crippen molar-refractivity contribution in [2.45, 2.75) is 6.54 Å². The SMILES string of the molecule is COc1cccc(CNC(=O)c2cc(Br)ccc2F)c1OC. The monoisotopic (exact) mass is 367 g/mol. The van der Waals surface area contributed by atoms with Gasteiger partial charge in [0.05, 0.1) is 19.8 Å². The molecule has 0 unspecified atom stereocenters. The van der Waals surface area contributed by atoms with Crippen LogP contribution in [-0.2, 0) is 6.54 Å². The van der Waals surface area contributed by atoms with Gasteiger partial charge in [0.1, 0.15) is 5.82 Å². The zero-order valence-corrected chi connectivity index (χ0v) is 13.7. The van der Waals surface area contributed by atoms with Crippen LogP contribution in [0.25, 0.3) is 0 Å². The molecule has 2 aromatic carbocycles. The normalized spacial score (nSPS) is 10.2. The summed E-state index contributed by atoms with van der Waals surface area (Å²) >= 11 is 3.22. The lowest BCUT2D eigenvalue weighted by Crippen LogP contribution is -2.24. The van der Waals surface area contributed by atoms with Crippen molar-refractivity contribution in [3.8, 4) is 11.5 Å². The average Bonchev–Trinajstić information content (AvgIpc) is 2.54. The minimum atomic E-state index is -0.571. The Balaban J connectivity index is 2.16. The number of methoxy groups -OCH3 is 2. The van der Waals surface area contributed by atoms with Gasteiger partial charge in [-0.05, 0) is 24.3 Å². The molecule has 116 valence electrons. The quantitative estimate of drug-likeness (QED) is 0.879. The number of rotatable bonds is 5. The summed E-state index contributed by atoms with van der Waals surface area (Å²) in [5.74, 6) is 0.0462. The molecule has 0 saturated carbocycles. The number of amides is 1. The summed E-state index contributed by atoms with van der Waals surface area (Å²) in [7, 11) is 3.06. The fraction of sp³-hybridized carbons (Fsp3) is 0.188. The number of para-hydroxylation sites is 1. The van der Waals surface area contributed by atoms with Gasteiger partial charge in [0.15, 0.2) is 11.5 Å². The summed E-state index contributed by atoms with van der Waals surface area (Å²) in [4.78, 5) is 12.1. The van der Waals surface area contributed by atoms with Crippen LogP contribution in [0.1, 0.15) is 15.9 Å². The molecule has 2 aromatic rings. The molecule has 0 spiro atoms. The molecule has 0 bridgehead atoms. The van der Waals surface area contributed by atoms with Crippen LogP contribution < -0.4 is 14.8 Å². The Bertz CT molecular complexity index is 691. The van der Waals surface area contributed by atoms with Crippen molar-refractivity contribution in [1.82, 2.24) is 5.32 Å². The maximum Gasteiger partial charge on any atom is 0.254 e. The highest BCUT2D eigenvalue weighted by molar-refractivity contribution is 9.10. The molecule has 0 aromatic heterocycles. The number of hydrogen-bond acceptors (Lipinski definition) is 3. The molecular formula is C16H15BrFNO3. The van der Waals surface area contributed by atoms with Crippen LogP contribution in [0.15, 0.2) is 40.9 Å². The van der Waals surface area contributed by atoms with Gasteiger partial charge in [0.25, 0.3) is 5.91 Å². The zero-order valence-electron chi connectivity index (χ0n) is 12.2. The van der Waals surface area contributed by atoms with E-state index in [1.54, 1.807) is 18.2 Å². The molecule has 0 aliphatic carbocycles. The van der Waals surface area contributed by atoms with E-state index in [0.29, 0.717) is 16.0 Å². The van der Waals surface area contributed by atoms with E-state index in [-0.39, 0.29) is 12.1 Å². The Hall–Kier alpha value is -2.08. The first kappa shape index (κ1) is 16.3. The summed E-state index contributed by atoms with van der Waals surface area (Å²) in [6, 6.07) is 9.58. The number of hydrogen-bond donors (Lipinski definition) is 1. The molecule has 0 heterocycles. The van der Waals surface area contributed by atoms with Gasteiger partial charge in [-0.25, -0.2) is 4.39 Å². The first-order chi connectivity index (χ1) is 10.6. The predicted octanol–water partition coefficient (Wildman–Crippen LogP) is 3.54. The van der Waals surface area contributed by atoms with Crippen LogP contribution >= 0.6 is 15.9 Å². The second-order valence-electron chi connectivity index (χ2n) is 4.46. The van der Waals surface area contributed by atoms with E-state index in [9.17, 15) is 9.18 Å². The van der Waals surface area contributed by atoms with E-state index in [1.165, 1.54) is 32.4 Å². The zero-order chi connectivity index (χ0) is 16.1. The lowest BCUT2D eigenvalue weighted by atomic mass is 10.1. The van der Waals surface area contributed by atoms with Crippen molar-refractivity contribution in [3.63, 3.8) is 0 Å². The van der Waals surface area contributed by atoms with Gasteiger partial charge in [0.2, 0.25) is 0 Å². The summed E-state index contributed by atoms with van der Waals surface area (Å²) < 4.78 is 24.8. The average molecular weight is 368 g/mol.